The number of thiophene rings is 1. The number of piperazine rings is 1. The number of carbonyl (C=O) groups excluding carboxylic acids is 1. The molecule has 2 heterocycles. The van der Waals surface area contributed by atoms with Crippen molar-refractivity contribution in [3.05, 3.63) is 20.3 Å². The molecule has 0 aromatic carbocycles. The molecule has 0 aliphatic carbocycles. The quantitative estimate of drug-likeness (QED) is 0.838. The standard InChI is InChI=1S/C10H14BrN3O3S2/c1-7-6-8(18-9(7)11)10(15)13-2-4-14(5-3-13)19(12,16)17/h6H,2-5H2,1H3,(H2,12,16,17). The molecule has 2 N–H and O–H groups in total. The van der Waals surface area contributed by atoms with Crippen LogP contribution >= 0.6 is 27.3 Å². The lowest BCUT2D eigenvalue weighted by Crippen LogP contribution is -2.52. The van der Waals surface area contributed by atoms with Gasteiger partial charge in [0.15, 0.2) is 0 Å². The highest BCUT2D eigenvalue weighted by Gasteiger charge is 2.27. The van der Waals surface area contributed by atoms with Crippen molar-refractivity contribution in [2.45, 2.75) is 6.92 Å². The van der Waals surface area contributed by atoms with E-state index in [4.69, 9.17) is 5.14 Å². The lowest BCUT2D eigenvalue weighted by molar-refractivity contribution is 0.0702. The number of rotatable bonds is 2. The summed E-state index contributed by atoms with van der Waals surface area (Å²) in [5, 5.41) is 5.06. The zero-order valence-electron chi connectivity index (χ0n) is 10.3. The van der Waals surface area contributed by atoms with E-state index < -0.39 is 10.2 Å². The molecule has 6 nitrogen and oxygen atoms in total. The van der Waals surface area contributed by atoms with Crippen LogP contribution in [0.2, 0.25) is 0 Å². The molecule has 1 saturated heterocycles. The van der Waals surface area contributed by atoms with Crippen molar-refractivity contribution in [2.24, 2.45) is 5.14 Å². The molecule has 0 saturated carbocycles. The molecule has 0 atom stereocenters. The maximum Gasteiger partial charge on any atom is 0.277 e. The third kappa shape index (κ3) is 3.34. The van der Waals surface area contributed by atoms with Gasteiger partial charge in [0, 0.05) is 26.2 Å². The van der Waals surface area contributed by atoms with Crippen molar-refractivity contribution in [1.29, 1.82) is 0 Å². The Bertz CT molecular complexity index is 572. The zero-order valence-corrected chi connectivity index (χ0v) is 13.5. The van der Waals surface area contributed by atoms with Gasteiger partial charge >= 0.3 is 0 Å². The average Bonchev–Trinajstić information content (AvgIpc) is 2.68. The van der Waals surface area contributed by atoms with E-state index in [0.29, 0.717) is 18.0 Å². The molecule has 0 unspecified atom stereocenters. The van der Waals surface area contributed by atoms with Crippen LogP contribution in [0.4, 0.5) is 0 Å². The van der Waals surface area contributed by atoms with Crippen LogP contribution in [-0.2, 0) is 10.2 Å². The van der Waals surface area contributed by atoms with Gasteiger partial charge in [-0.2, -0.15) is 12.7 Å². The summed E-state index contributed by atoms with van der Waals surface area (Å²) in [4.78, 5) is 14.6. The molecule has 1 aromatic rings. The number of carbonyl (C=O) groups is 1. The maximum absolute atomic E-state index is 12.2. The van der Waals surface area contributed by atoms with Gasteiger partial charge in [-0.25, -0.2) is 5.14 Å². The van der Waals surface area contributed by atoms with E-state index in [0.717, 1.165) is 9.35 Å². The summed E-state index contributed by atoms with van der Waals surface area (Å²) in [7, 11) is -3.65. The molecular formula is C10H14BrN3O3S2. The van der Waals surface area contributed by atoms with E-state index in [2.05, 4.69) is 15.9 Å². The second-order valence-electron chi connectivity index (χ2n) is 4.30. The SMILES string of the molecule is Cc1cc(C(=O)N2CCN(S(N)(=O)=O)CC2)sc1Br. The van der Waals surface area contributed by atoms with E-state index in [1.807, 2.05) is 13.0 Å². The molecule has 1 aliphatic heterocycles. The molecule has 2 rings (SSSR count). The fourth-order valence-corrected chi connectivity index (χ4v) is 4.04. The Morgan fingerprint density at radius 1 is 1.37 bits per heavy atom. The third-order valence-electron chi connectivity index (χ3n) is 2.95. The van der Waals surface area contributed by atoms with Crippen molar-refractivity contribution >= 4 is 43.4 Å². The van der Waals surface area contributed by atoms with Crippen LogP contribution in [0.1, 0.15) is 15.2 Å². The molecule has 1 aromatic heterocycles. The van der Waals surface area contributed by atoms with Crippen molar-refractivity contribution < 1.29 is 13.2 Å². The molecule has 9 heteroatoms. The van der Waals surface area contributed by atoms with Crippen molar-refractivity contribution in [3.63, 3.8) is 0 Å². The summed E-state index contributed by atoms with van der Waals surface area (Å²) < 4.78 is 24.5. The van der Waals surface area contributed by atoms with Gasteiger partial charge in [-0.1, -0.05) is 0 Å². The van der Waals surface area contributed by atoms with E-state index in [1.54, 1.807) is 4.90 Å². The van der Waals surface area contributed by atoms with Crippen molar-refractivity contribution in [2.75, 3.05) is 26.2 Å². The fraction of sp³-hybridized carbons (Fsp3) is 0.500. The Kier molecular flexibility index (Phi) is 4.31. The molecule has 19 heavy (non-hydrogen) atoms. The predicted molar refractivity (Wildman–Crippen MR) is 77.3 cm³/mol. The maximum atomic E-state index is 12.2. The Balaban J connectivity index is 2.04. The number of aryl methyl sites for hydroxylation is 1. The Labute approximate surface area is 124 Å². The molecule has 0 spiro atoms. The van der Waals surface area contributed by atoms with Gasteiger partial charge in [-0.05, 0) is 34.5 Å². The highest BCUT2D eigenvalue weighted by Crippen LogP contribution is 2.28. The van der Waals surface area contributed by atoms with E-state index >= 15 is 0 Å². The largest absolute Gasteiger partial charge is 0.335 e. The third-order valence-corrected chi connectivity index (χ3v) is 6.16. The van der Waals surface area contributed by atoms with Gasteiger partial charge < -0.3 is 4.90 Å². The van der Waals surface area contributed by atoms with E-state index in [9.17, 15) is 13.2 Å². The van der Waals surface area contributed by atoms with Gasteiger partial charge in [0.25, 0.3) is 16.1 Å². The summed E-state index contributed by atoms with van der Waals surface area (Å²) >= 11 is 4.78. The minimum Gasteiger partial charge on any atom is -0.335 e. The van der Waals surface area contributed by atoms with Gasteiger partial charge in [-0.15, -0.1) is 11.3 Å². The summed E-state index contributed by atoms with van der Waals surface area (Å²) in [6.07, 6.45) is 0. The molecule has 1 amide bonds. The number of nitrogens with zero attached hydrogens (tertiary/aromatic N) is 2. The minimum absolute atomic E-state index is 0.0622. The van der Waals surface area contributed by atoms with E-state index in [-0.39, 0.29) is 19.0 Å². The first-order valence-corrected chi connectivity index (χ1v) is 8.73. The monoisotopic (exact) mass is 367 g/mol. The van der Waals surface area contributed by atoms with Crippen LogP contribution in [-0.4, -0.2) is 49.7 Å². The van der Waals surface area contributed by atoms with E-state index in [1.165, 1.54) is 15.6 Å². The molecular weight excluding hydrogens is 354 g/mol. The first-order chi connectivity index (χ1) is 8.79. The lowest BCUT2D eigenvalue weighted by atomic mass is 10.3. The average molecular weight is 368 g/mol. The fourth-order valence-electron chi connectivity index (χ4n) is 1.87. The number of hydrogen-bond acceptors (Lipinski definition) is 4. The second-order valence-corrected chi connectivity index (χ2v) is 8.22. The normalized spacial score (nSPS) is 17.7. The lowest BCUT2D eigenvalue weighted by Gasteiger charge is -2.32. The first kappa shape index (κ1) is 14.9. The molecule has 1 fully saturated rings. The summed E-state index contributed by atoms with van der Waals surface area (Å²) in [5.41, 5.74) is 1.02. The number of hydrogen-bond donors (Lipinski definition) is 1. The minimum atomic E-state index is -3.65. The smallest absolute Gasteiger partial charge is 0.277 e. The Morgan fingerprint density at radius 3 is 2.37 bits per heavy atom. The summed E-state index contributed by atoms with van der Waals surface area (Å²) in [5.74, 6) is -0.0622. The van der Waals surface area contributed by atoms with Crippen LogP contribution in [0.5, 0.6) is 0 Å². The number of nitrogens with two attached hydrogens (primary N) is 1. The predicted octanol–water partition coefficient (Wildman–Crippen LogP) is 0.780. The van der Waals surface area contributed by atoms with Gasteiger partial charge in [-0.3, -0.25) is 4.79 Å². The van der Waals surface area contributed by atoms with Gasteiger partial charge in [0.2, 0.25) is 0 Å². The second kappa shape index (κ2) is 5.49. The summed E-state index contributed by atoms with van der Waals surface area (Å²) in [6.45, 7) is 3.15. The van der Waals surface area contributed by atoms with Crippen molar-refractivity contribution in [3.8, 4) is 0 Å². The molecule has 0 bridgehead atoms. The highest BCUT2D eigenvalue weighted by atomic mass is 79.9. The number of amides is 1. The van der Waals surface area contributed by atoms with Crippen LogP contribution in [0, 0.1) is 6.92 Å². The summed E-state index contributed by atoms with van der Waals surface area (Å²) in [6, 6.07) is 1.84. The highest BCUT2D eigenvalue weighted by molar-refractivity contribution is 9.11. The molecule has 0 radical (unpaired) electrons. The van der Waals surface area contributed by atoms with Gasteiger partial charge in [0.05, 0.1) is 8.66 Å². The Morgan fingerprint density at radius 2 is 1.95 bits per heavy atom. The first-order valence-electron chi connectivity index (χ1n) is 5.62. The Hall–Kier alpha value is -0.480. The van der Waals surface area contributed by atoms with Crippen LogP contribution < -0.4 is 5.14 Å². The topological polar surface area (TPSA) is 83.7 Å². The van der Waals surface area contributed by atoms with Gasteiger partial charge in [0.1, 0.15) is 0 Å². The van der Waals surface area contributed by atoms with Crippen molar-refractivity contribution in [1.82, 2.24) is 9.21 Å². The van der Waals surface area contributed by atoms with Crippen LogP contribution in [0.15, 0.2) is 9.85 Å². The molecule has 1 aliphatic rings. The van der Waals surface area contributed by atoms with Crippen LogP contribution in [0.25, 0.3) is 0 Å². The van der Waals surface area contributed by atoms with Crippen LogP contribution in [0.3, 0.4) is 0 Å². The number of halogens is 1. The molecule has 106 valence electrons. The zero-order chi connectivity index (χ0) is 14.2.